The molecule has 1 aromatic heterocycles. The van der Waals surface area contributed by atoms with Gasteiger partial charge in [0.25, 0.3) is 0 Å². The van der Waals surface area contributed by atoms with Gasteiger partial charge in [-0.1, -0.05) is 62.4 Å². The van der Waals surface area contributed by atoms with Crippen LogP contribution in [0.2, 0.25) is 0 Å². The summed E-state index contributed by atoms with van der Waals surface area (Å²) in [6.45, 7) is 4.03. The van der Waals surface area contributed by atoms with E-state index in [0.717, 1.165) is 16.5 Å². The molecule has 0 saturated carbocycles. The normalized spacial score (nSPS) is 24.2. The van der Waals surface area contributed by atoms with Crippen molar-refractivity contribution in [3.8, 4) is 0 Å². The molecule has 15 nitrogen and oxygen atoms in total. The first-order valence-corrected chi connectivity index (χ1v) is 20.8. The van der Waals surface area contributed by atoms with Crippen molar-refractivity contribution in [1.82, 2.24) is 36.1 Å². The molecule has 6 atom stereocenters. The lowest BCUT2D eigenvalue weighted by Gasteiger charge is -2.33. The van der Waals surface area contributed by atoms with Gasteiger partial charge in [-0.15, -0.1) is 0 Å². The van der Waals surface area contributed by atoms with Crippen molar-refractivity contribution in [3.05, 3.63) is 71.9 Å². The van der Waals surface area contributed by atoms with Gasteiger partial charge in [0.15, 0.2) is 0 Å². The van der Waals surface area contributed by atoms with E-state index >= 15 is 0 Å². The number of fused-ring (bicyclic) bond motifs is 3. The third-order valence-electron chi connectivity index (χ3n) is 10.6. The van der Waals surface area contributed by atoms with Gasteiger partial charge in [0.1, 0.15) is 36.3 Å². The maximum atomic E-state index is 14.7. The fourth-order valence-corrected chi connectivity index (χ4v) is 7.94. The van der Waals surface area contributed by atoms with Gasteiger partial charge in [0, 0.05) is 50.0 Å². The van der Waals surface area contributed by atoms with Crippen LogP contribution in [0, 0.1) is 5.92 Å². The largest absolute Gasteiger partial charge is 0.370 e. The second-order valence-electron chi connectivity index (χ2n) is 15.2. The second-order valence-corrected chi connectivity index (χ2v) is 16.2. The van der Waals surface area contributed by atoms with Gasteiger partial charge in [0.2, 0.25) is 41.4 Å². The molecule has 0 spiro atoms. The first-order chi connectivity index (χ1) is 27.3. The SMILES string of the molecule is CSCC[C@@H]1NC(=O)[C@H](CC(C)C)N2CC[C@@H](NC(=O)[C@H](Cc3ccccc3)N(C)C(=O)[C@@H](Cc3c[nH]c4ccccc34)NC(=O)[C@H](CCC(N)=O)NC1=O)C2=O. The molecule has 57 heavy (non-hydrogen) atoms. The number of likely N-dealkylation sites (N-methyl/N-ethyl adjacent to an activating group) is 1. The number of thioether (sulfide) groups is 1. The summed E-state index contributed by atoms with van der Waals surface area (Å²) in [7, 11) is 1.48. The Labute approximate surface area is 337 Å². The molecule has 2 aromatic carbocycles. The number of para-hydroxylation sites is 1. The summed E-state index contributed by atoms with van der Waals surface area (Å²) in [5, 5.41) is 12.1. The van der Waals surface area contributed by atoms with Gasteiger partial charge >= 0.3 is 0 Å². The van der Waals surface area contributed by atoms with Crippen LogP contribution in [-0.2, 0) is 46.4 Å². The average molecular weight is 803 g/mol. The maximum Gasteiger partial charge on any atom is 0.245 e. The Morgan fingerprint density at radius 1 is 0.789 bits per heavy atom. The fraction of sp³-hybridized carbons (Fsp3) is 0.488. The monoisotopic (exact) mass is 802 g/mol. The number of aromatic amines is 1. The number of hydrogen-bond donors (Lipinski definition) is 6. The van der Waals surface area contributed by atoms with Crippen LogP contribution in [-0.4, -0.2) is 118 Å². The number of rotatable bonds is 12. The molecule has 5 rings (SSSR count). The van der Waals surface area contributed by atoms with Crippen LogP contribution in [0.15, 0.2) is 60.8 Å². The minimum Gasteiger partial charge on any atom is -0.370 e. The van der Waals surface area contributed by atoms with Crippen LogP contribution in [0.1, 0.15) is 57.1 Å². The lowest BCUT2D eigenvalue weighted by atomic mass is 9.99. The molecule has 7 N–H and O–H groups in total. The van der Waals surface area contributed by atoms with Gasteiger partial charge in [-0.05, 0) is 60.8 Å². The first-order valence-electron chi connectivity index (χ1n) is 19.4. The molecular formula is C41H54N8O7S. The summed E-state index contributed by atoms with van der Waals surface area (Å²) in [6.07, 6.45) is 4.01. The molecule has 2 aliphatic rings. The maximum absolute atomic E-state index is 14.7. The highest BCUT2D eigenvalue weighted by Gasteiger charge is 2.43. The molecule has 7 amide bonds. The van der Waals surface area contributed by atoms with Crippen LogP contribution in [0.5, 0.6) is 0 Å². The number of nitrogens with two attached hydrogens (primary N) is 1. The minimum absolute atomic E-state index is 0.00693. The predicted molar refractivity (Wildman–Crippen MR) is 217 cm³/mol. The van der Waals surface area contributed by atoms with E-state index in [1.54, 1.807) is 6.20 Å². The summed E-state index contributed by atoms with van der Waals surface area (Å²) in [5.41, 5.74) is 7.78. The Morgan fingerprint density at radius 3 is 2.11 bits per heavy atom. The van der Waals surface area contributed by atoms with Gasteiger partial charge in [-0.3, -0.25) is 33.6 Å². The Kier molecular flexibility index (Phi) is 14.7. The average Bonchev–Trinajstić information content (AvgIpc) is 3.76. The summed E-state index contributed by atoms with van der Waals surface area (Å²) >= 11 is 1.46. The fourth-order valence-electron chi connectivity index (χ4n) is 7.47. The Balaban J connectivity index is 1.59. The van der Waals surface area contributed by atoms with E-state index in [2.05, 4.69) is 26.3 Å². The molecule has 0 aliphatic carbocycles. The first kappa shape index (κ1) is 42.8. The Hall–Kier alpha value is -5.38. The van der Waals surface area contributed by atoms with Gasteiger partial charge < -0.3 is 41.8 Å². The topological polar surface area (TPSA) is 216 Å². The zero-order chi connectivity index (χ0) is 41.2. The molecule has 2 fully saturated rings. The zero-order valence-electron chi connectivity index (χ0n) is 32.9. The van der Waals surface area contributed by atoms with Crippen molar-refractivity contribution in [2.75, 3.05) is 25.6 Å². The smallest absolute Gasteiger partial charge is 0.245 e. The van der Waals surface area contributed by atoms with Crippen molar-refractivity contribution in [2.45, 2.75) is 95.0 Å². The Morgan fingerprint density at radius 2 is 1.42 bits per heavy atom. The lowest BCUT2D eigenvalue weighted by molar-refractivity contribution is -0.144. The number of benzene rings is 2. The van der Waals surface area contributed by atoms with Crippen molar-refractivity contribution < 1.29 is 33.6 Å². The van der Waals surface area contributed by atoms with Gasteiger partial charge in [-0.25, -0.2) is 0 Å². The summed E-state index contributed by atoms with van der Waals surface area (Å²) in [6, 6.07) is 9.97. The molecule has 3 heterocycles. The number of nitrogens with zero attached hydrogens (tertiary/aromatic N) is 2. The van der Waals surface area contributed by atoms with Crippen molar-refractivity contribution in [2.24, 2.45) is 11.7 Å². The van der Waals surface area contributed by atoms with E-state index in [0.29, 0.717) is 17.7 Å². The minimum atomic E-state index is -1.32. The van der Waals surface area contributed by atoms with E-state index in [1.165, 1.54) is 28.6 Å². The highest BCUT2D eigenvalue weighted by molar-refractivity contribution is 7.98. The molecule has 3 aromatic rings. The van der Waals surface area contributed by atoms with Crippen LogP contribution in [0.4, 0.5) is 0 Å². The summed E-state index contributed by atoms with van der Waals surface area (Å²) in [5.74, 6) is -3.75. The van der Waals surface area contributed by atoms with Crippen LogP contribution < -0.4 is 27.0 Å². The number of aromatic nitrogens is 1. The molecule has 2 saturated heterocycles. The molecule has 306 valence electrons. The molecule has 2 bridgehead atoms. The van der Waals surface area contributed by atoms with E-state index in [1.807, 2.05) is 74.7 Å². The number of amides is 7. The number of carbonyl (C=O) groups is 7. The second kappa shape index (κ2) is 19.7. The highest BCUT2D eigenvalue weighted by Crippen LogP contribution is 2.23. The molecule has 2 aliphatic heterocycles. The van der Waals surface area contributed by atoms with Crippen molar-refractivity contribution in [1.29, 1.82) is 0 Å². The molecule has 16 heteroatoms. The number of H-pyrrole nitrogens is 1. The van der Waals surface area contributed by atoms with E-state index in [4.69, 9.17) is 5.73 Å². The standard InChI is InChI=1S/C41H54N8O7S/c1-24(2)20-34-39(54)45-30(17-19-57-4)37(52)44-29(14-15-35(42)50)36(51)47-32(22-26-23-43-28-13-9-8-12-27(26)28)40(55)48(3)33(21-25-10-6-5-7-11-25)38(53)46-31-16-18-49(34)41(31)56/h5-13,23-24,29-34,43H,14-22H2,1-4H3,(H2,42,50)(H,44,52)(H,45,54)(H,46,53)(H,47,51)/t29-,30-,31+,32+,33-,34-/m0/s1. The summed E-state index contributed by atoms with van der Waals surface area (Å²) in [4.78, 5) is 103. The highest BCUT2D eigenvalue weighted by atomic mass is 32.2. The summed E-state index contributed by atoms with van der Waals surface area (Å²) < 4.78 is 0. The Bertz CT molecular complexity index is 1940. The predicted octanol–water partition coefficient (Wildman–Crippen LogP) is 1.40. The van der Waals surface area contributed by atoms with E-state index in [-0.39, 0.29) is 51.0 Å². The third-order valence-corrected chi connectivity index (χ3v) is 11.2. The molecule has 0 unspecified atom stereocenters. The number of nitrogens with one attached hydrogen (secondary N) is 5. The van der Waals surface area contributed by atoms with Crippen LogP contribution >= 0.6 is 11.8 Å². The quantitative estimate of drug-likeness (QED) is 0.157. The van der Waals surface area contributed by atoms with Crippen LogP contribution in [0.3, 0.4) is 0 Å². The van der Waals surface area contributed by atoms with Crippen LogP contribution in [0.25, 0.3) is 10.9 Å². The van der Waals surface area contributed by atoms with Gasteiger partial charge in [-0.2, -0.15) is 11.8 Å². The molecular weight excluding hydrogens is 749 g/mol. The van der Waals surface area contributed by atoms with Gasteiger partial charge in [0.05, 0.1) is 0 Å². The number of primary amides is 1. The number of hydrogen-bond acceptors (Lipinski definition) is 8. The lowest BCUT2D eigenvalue weighted by Crippen LogP contribution is -2.61. The number of carbonyl (C=O) groups excluding carboxylic acids is 7. The third kappa shape index (κ3) is 10.9. The molecule has 0 radical (unpaired) electrons. The van der Waals surface area contributed by atoms with Crippen molar-refractivity contribution in [3.63, 3.8) is 0 Å². The van der Waals surface area contributed by atoms with E-state index in [9.17, 15) is 33.6 Å². The zero-order valence-corrected chi connectivity index (χ0v) is 33.7. The van der Waals surface area contributed by atoms with E-state index < -0.39 is 77.6 Å². The van der Waals surface area contributed by atoms with Crippen molar-refractivity contribution >= 4 is 64.0 Å².